The molecule has 5 heteroatoms. The van der Waals surface area contributed by atoms with Gasteiger partial charge in [0.15, 0.2) is 0 Å². The molecule has 0 aliphatic carbocycles. The van der Waals surface area contributed by atoms with E-state index >= 15 is 0 Å². The van der Waals surface area contributed by atoms with Crippen molar-refractivity contribution in [1.29, 1.82) is 5.26 Å². The molecule has 0 saturated heterocycles. The molecule has 2 rings (SSSR count). The highest BCUT2D eigenvalue weighted by atomic mass is 16.5. The van der Waals surface area contributed by atoms with Crippen molar-refractivity contribution in [2.75, 3.05) is 7.11 Å². The van der Waals surface area contributed by atoms with Crippen molar-refractivity contribution >= 4 is 5.97 Å². The first-order valence-corrected chi connectivity index (χ1v) is 5.89. The van der Waals surface area contributed by atoms with Crippen LogP contribution in [-0.4, -0.2) is 18.1 Å². The van der Waals surface area contributed by atoms with E-state index in [-0.39, 0.29) is 11.1 Å². The number of rotatable bonds is 2. The first-order chi connectivity index (χ1) is 9.56. The van der Waals surface area contributed by atoms with Gasteiger partial charge >= 0.3 is 5.97 Å². The maximum atomic E-state index is 11.9. The number of carbonyl (C=O) groups excluding carboxylic acids is 1. The zero-order chi connectivity index (χ0) is 14.7. The molecule has 1 aromatic heterocycles. The highest BCUT2D eigenvalue weighted by Crippen LogP contribution is 2.19. The number of pyridine rings is 1. The Hall–Kier alpha value is -2.87. The van der Waals surface area contributed by atoms with Gasteiger partial charge in [-0.05, 0) is 18.6 Å². The molecule has 1 N–H and O–H groups in total. The highest BCUT2D eigenvalue weighted by molar-refractivity contribution is 5.93. The highest BCUT2D eigenvalue weighted by Gasteiger charge is 2.17. The minimum absolute atomic E-state index is 0.0330. The summed E-state index contributed by atoms with van der Waals surface area (Å²) in [4.78, 5) is 26.1. The maximum Gasteiger partial charge on any atom is 0.339 e. The van der Waals surface area contributed by atoms with E-state index < -0.39 is 11.5 Å². The Labute approximate surface area is 115 Å². The number of benzene rings is 1. The number of nitriles is 1. The number of carbonyl (C=O) groups is 1. The first-order valence-electron chi connectivity index (χ1n) is 5.89. The lowest BCUT2D eigenvalue weighted by atomic mass is 10.0. The molecule has 20 heavy (non-hydrogen) atoms. The van der Waals surface area contributed by atoms with E-state index in [1.807, 2.05) is 31.2 Å². The molecule has 0 aliphatic rings. The third kappa shape index (κ3) is 2.45. The molecule has 0 amide bonds. The first kappa shape index (κ1) is 13.6. The van der Waals surface area contributed by atoms with Crippen molar-refractivity contribution in [3.63, 3.8) is 0 Å². The van der Waals surface area contributed by atoms with Gasteiger partial charge in [0.2, 0.25) is 0 Å². The Morgan fingerprint density at radius 1 is 1.30 bits per heavy atom. The van der Waals surface area contributed by atoms with Crippen molar-refractivity contribution in [2.45, 2.75) is 6.92 Å². The van der Waals surface area contributed by atoms with Crippen molar-refractivity contribution in [1.82, 2.24) is 4.98 Å². The smallest absolute Gasteiger partial charge is 0.339 e. The Bertz CT molecular complexity index is 752. The summed E-state index contributed by atoms with van der Waals surface area (Å²) >= 11 is 0. The van der Waals surface area contributed by atoms with Crippen molar-refractivity contribution < 1.29 is 9.53 Å². The summed E-state index contributed by atoms with van der Waals surface area (Å²) < 4.78 is 4.60. The largest absolute Gasteiger partial charge is 0.465 e. The molecule has 100 valence electrons. The van der Waals surface area contributed by atoms with Crippen molar-refractivity contribution in [3.8, 4) is 17.3 Å². The zero-order valence-electron chi connectivity index (χ0n) is 11.1. The van der Waals surface area contributed by atoms with Crippen LogP contribution in [-0.2, 0) is 4.74 Å². The molecule has 0 atom stereocenters. The summed E-state index contributed by atoms with van der Waals surface area (Å²) in [6.45, 7) is 1.95. The van der Waals surface area contributed by atoms with Crippen molar-refractivity contribution in [2.24, 2.45) is 0 Å². The molecule has 1 aromatic carbocycles. The van der Waals surface area contributed by atoms with Gasteiger partial charge in [0.05, 0.1) is 12.7 Å². The van der Waals surface area contributed by atoms with Gasteiger partial charge in [0, 0.05) is 5.69 Å². The van der Waals surface area contributed by atoms with E-state index in [0.29, 0.717) is 5.69 Å². The second-order valence-corrected chi connectivity index (χ2v) is 4.27. The number of aryl methyl sites for hydroxylation is 1. The molecule has 1 heterocycles. The summed E-state index contributed by atoms with van der Waals surface area (Å²) in [5, 5.41) is 8.96. The topological polar surface area (TPSA) is 83.0 Å². The Balaban J connectivity index is 2.65. The number of ether oxygens (including phenoxy) is 1. The molecular formula is C15H12N2O3. The van der Waals surface area contributed by atoms with Crippen LogP contribution in [0.2, 0.25) is 0 Å². The number of H-pyrrole nitrogens is 1. The van der Waals surface area contributed by atoms with Crippen LogP contribution in [0.5, 0.6) is 0 Å². The van der Waals surface area contributed by atoms with E-state index in [4.69, 9.17) is 5.26 Å². The number of esters is 1. The third-order valence-electron chi connectivity index (χ3n) is 2.91. The van der Waals surface area contributed by atoms with Crippen LogP contribution in [0, 0.1) is 18.3 Å². The number of nitrogens with one attached hydrogen (secondary N) is 1. The standard InChI is InChI=1S/C15H12N2O3/c1-9-3-5-10(6-4-9)13-7-11(15(19)20-2)12(8-16)14(18)17-13/h3-7H,1-2H3,(H,17,18). The van der Waals surface area contributed by atoms with Gasteiger partial charge in [0.25, 0.3) is 5.56 Å². The molecule has 0 aliphatic heterocycles. The molecular weight excluding hydrogens is 256 g/mol. The second-order valence-electron chi connectivity index (χ2n) is 4.27. The third-order valence-corrected chi connectivity index (χ3v) is 2.91. The number of hydrogen-bond acceptors (Lipinski definition) is 4. The normalized spacial score (nSPS) is 9.85. The summed E-state index contributed by atoms with van der Waals surface area (Å²) in [7, 11) is 1.20. The maximum absolute atomic E-state index is 11.9. The quantitative estimate of drug-likeness (QED) is 0.844. The number of aromatic amines is 1. The van der Waals surface area contributed by atoms with E-state index in [2.05, 4.69) is 9.72 Å². The molecule has 0 unspecified atom stereocenters. The minimum atomic E-state index is -0.707. The van der Waals surface area contributed by atoms with Crippen LogP contribution in [0.1, 0.15) is 21.5 Å². The predicted octanol–water partition coefficient (Wildman–Crippen LogP) is 2.01. The Morgan fingerprint density at radius 2 is 1.95 bits per heavy atom. The van der Waals surface area contributed by atoms with Crippen LogP contribution in [0.15, 0.2) is 35.1 Å². The van der Waals surface area contributed by atoms with Gasteiger partial charge in [-0.25, -0.2) is 4.79 Å². The average Bonchev–Trinajstić information content (AvgIpc) is 2.46. The van der Waals surface area contributed by atoms with Crippen LogP contribution >= 0.6 is 0 Å². The Kier molecular flexibility index (Phi) is 3.67. The molecule has 0 spiro atoms. The molecule has 0 radical (unpaired) electrons. The summed E-state index contributed by atoms with van der Waals surface area (Å²) in [6, 6.07) is 10.6. The molecule has 0 saturated carbocycles. The van der Waals surface area contributed by atoms with Gasteiger partial charge in [0.1, 0.15) is 11.6 Å². The zero-order valence-corrected chi connectivity index (χ0v) is 11.1. The number of hydrogen-bond donors (Lipinski definition) is 1. The predicted molar refractivity (Wildman–Crippen MR) is 73.3 cm³/mol. The van der Waals surface area contributed by atoms with Crippen molar-refractivity contribution in [3.05, 3.63) is 57.4 Å². The second kappa shape index (κ2) is 5.41. The van der Waals surface area contributed by atoms with Gasteiger partial charge in [-0.3, -0.25) is 4.79 Å². The monoisotopic (exact) mass is 268 g/mol. The fourth-order valence-corrected chi connectivity index (χ4v) is 1.83. The van der Waals surface area contributed by atoms with Crippen LogP contribution < -0.4 is 5.56 Å². The van der Waals surface area contributed by atoms with E-state index in [1.54, 1.807) is 6.07 Å². The molecule has 5 nitrogen and oxygen atoms in total. The fraction of sp³-hybridized carbons (Fsp3) is 0.133. The molecule has 2 aromatic rings. The summed E-state index contributed by atoms with van der Waals surface area (Å²) in [5.74, 6) is -0.707. The fourth-order valence-electron chi connectivity index (χ4n) is 1.83. The SMILES string of the molecule is COC(=O)c1cc(-c2ccc(C)cc2)[nH]c(=O)c1C#N. The lowest BCUT2D eigenvalue weighted by Crippen LogP contribution is -2.17. The number of nitrogens with zero attached hydrogens (tertiary/aromatic N) is 1. The van der Waals surface area contributed by atoms with Gasteiger partial charge in [-0.15, -0.1) is 0 Å². The minimum Gasteiger partial charge on any atom is -0.465 e. The lowest BCUT2D eigenvalue weighted by molar-refractivity contribution is 0.0600. The van der Waals surface area contributed by atoms with Crippen LogP contribution in [0.25, 0.3) is 11.3 Å². The van der Waals surface area contributed by atoms with Gasteiger partial charge < -0.3 is 9.72 Å². The van der Waals surface area contributed by atoms with E-state index in [1.165, 1.54) is 13.2 Å². The van der Waals surface area contributed by atoms with Crippen LogP contribution in [0.4, 0.5) is 0 Å². The lowest BCUT2D eigenvalue weighted by Gasteiger charge is -2.06. The number of methoxy groups -OCH3 is 1. The van der Waals surface area contributed by atoms with E-state index in [0.717, 1.165) is 11.1 Å². The Morgan fingerprint density at radius 3 is 2.50 bits per heavy atom. The summed E-state index contributed by atoms with van der Waals surface area (Å²) in [6.07, 6.45) is 0. The average molecular weight is 268 g/mol. The van der Waals surface area contributed by atoms with Gasteiger partial charge in [-0.2, -0.15) is 5.26 Å². The summed E-state index contributed by atoms with van der Waals surface area (Å²) in [5.41, 5.74) is 1.42. The molecule has 0 bridgehead atoms. The number of aromatic nitrogens is 1. The molecule has 0 fully saturated rings. The van der Waals surface area contributed by atoms with E-state index in [9.17, 15) is 9.59 Å². The van der Waals surface area contributed by atoms with Crippen LogP contribution in [0.3, 0.4) is 0 Å². The van der Waals surface area contributed by atoms with Gasteiger partial charge in [-0.1, -0.05) is 29.8 Å².